The maximum atomic E-state index is 10.9. The maximum absolute atomic E-state index is 10.9. The molecular weight excluding hydrogens is 156 g/mol. The first-order valence-electron chi connectivity index (χ1n) is 3.88. The van der Waals surface area contributed by atoms with Gasteiger partial charge in [-0.05, 0) is 6.92 Å². The highest BCUT2D eigenvalue weighted by molar-refractivity contribution is 5.79. The second-order valence-corrected chi connectivity index (χ2v) is 2.38. The normalized spacial score (nSPS) is 15.8. The molecule has 1 amide bonds. The van der Waals surface area contributed by atoms with Crippen molar-refractivity contribution in [3.63, 3.8) is 0 Å². The van der Waals surface area contributed by atoms with Gasteiger partial charge in [-0.1, -0.05) is 0 Å². The molecule has 66 valence electrons. The molecule has 0 aromatic carbocycles. The van der Waals surface area contributed by atoms with E-state index >= 15 is 0 Å². The zero-order chi connectivity index (χ0) is 8.97. The maximum Gasteiger partial charge on any atom is 0.229 e. The van der Waals surface area contributed by atoms with E-state index in [0.717, 1.165) is 0 Å². The van der Waals surface area contributed by atoms with Gasteiger partial charge in [0.2, 0.25) is 11.8 Å². The van der Waals surface area contributed by atoms with Gasteiger partial charge in [-0.15, -0.1) is 0 Å². The van der Waals surface area contributed by atoms with Crippen LogP contribution in [0.4, 0.5) is 0 Å². The summed E-state index contributed by atoms with van der Waals surface area (Å²) in [7, 11) is 0. The molecule has 4 nitrogen and oxygen atoms in total. The van der Waals surface area contributed by atoms with Gasteiger partial charge in [0.15, 0.2) is 0 Å². The smallest absolute Gasteiger partial charge is 0.229 e. The SMILES string of the molecule is CCOC1=CN(C(C)=O)CC=N1. The van der Waals surface area contributed by atoms with E-state index in [2.05, 4.69) is 4.99 Å². The molecule has 0 atom stereocenters. The Morgan fingerprint density at radius 2 is 2.58 bits per heavy atom. The Labute approximate surface area is 71.5 Å². The van der Waals surface area contributed by atoms with Crippen molar-refractivity contribution >= 4 is 12.1 Å². The van der Waals surface area contributed by atoms with Crippen LogP contribution in [0.5, 0.6) is 0 Å². The lowest BCUT2D eigenvalue weighted by Gasteiger charge is -2.18. The molecule has 0 radical (unpaired) electrons. The predicted octanol–water partition coefficient (Wildman–Crippen LogP) is 0.755. The Kier molecular flexibility index (Phi) is 2.85. The molecule has 0 unspecified atom stereocenters. The largest absolute Gasteiger partial charge is 0.477 e. The number of rotatable bonds is 2. The average molecular weight is 168 g/mol. The highest BCUT2D eigenvalue weighted by Crippen LogP contribution is 2.06. The second-order valence-electron chi connectivity index (χ2n) is 2.38. The molecule has 0 saturated carbocycles. The van der Waals surface area contributed by atoms with Crippen LogP contribution in [0.25, 0.3) is 0 Å². The molecule has 1 heterocycles. The van der Waals surface area contributed by atoms with Crippen LogP contribution >= 0.6 is 0 Å². The average Bonchev–Trinajstić information content (AvgIpc) is 2.05. The minimum atomic E-state index is -0.00152. The van der Waals surface area contributed by atoms with Crippen LogP contribution < -0.4 is 0 Å². The molecular formula is C8H12N2O2. The lowest BCUT2D eigenvalue weighted by Crippen LogP contribution is -2.27. The third-order valence-electron chi connectivity index (χ3n) is 1.46. The summed E-state index contributed by atoms with van der Waals surface area (Å²) in [5.74, 6) is 0.498. The van der Waals surface area contributed by atoms with Crippen molar-refractivity contribution in [1.29, 1.82) is 0 Å². The molecule has 0 aromatic rings. The molecule has 0 bridgehead atoms. The molecule has 1 aliphatic heterocycles. The van der Waals surface area contributed by atoms with Gasteiger partial charge >= 0.3 is 0 Å². The number of carbonyl (C=O) groups is 1. The Bertz CT molecular complexity index is 233. The summed E-state index contributed by atoms with van der Waals surface area (Å²) in [4.78, 5) is 16.4. The summed E-state index contributed by atoms with van der Waals surface area (Å²) in [5, 5.41) is 0. The summed E-state index contributed by atoms with van der Waals surface area (Å²) in [6, 6.07) is 0. The van der Waals surface area contributed by atoms with Crippen LogP contribution in [0.2, 0.25) is 0 Å². The summed E-state index contributed by atoms with van der Waals surface area (Å²) < 4.78 is 5.13. The van der Waals surface area contributed by atoms with Crippen LogP contribution in [0.1, 0.15) is 13.8 Å². The first-order valence-corrected chi connectivity index (χ1v) is 3.88. The van der Waals surface area contributed by atoms with Crippen LogP contribution in [0.3, 0.4) is 0 Å². The first-order chi connectivity index (χ1) is 5.74. The minimum absolute atomic E-state index is 0.00152. The standard InChI is InChI=1S/C8H12N2O2/c1-3-12-8-6-10(7(2)11)5-4-9-8/h4,6H,3,5H2,1-2H3. The predicted molar refractivity (Wildman–Crippen MR) is 45.6 cm³/mol. The number of hydrogen-bond donors (Lipinski definition) is 0. The third kappa shape index (κ3) is 2.08. The van der Waals surface area contributed by atoms with E-state index in [1.807, 2.05) is 6.92 Å². The van der Waals surface area contributed by atoms with Crippen LogP contribution in [-0.2, 0) is 9.53 Å². The van der Waals surface area contributed by atoms with E-state index < -0.39 is 0 Å². The van der Waals surface area contributed by atoms with Gasteiger partial charge in [0.05, 0.1) is 19.4 Å². The lowest BCUT2D eigenvalue weighted by atomic mass is 10.4. The number of hydrogen-bond acceptors (Lipinski definition) is 3. The molecule has 4 heteroatoms. The van der Waals surface area contributed by atoms with Gasteiger partial charge in [-0.2, -0.15) is 0 Å². The van der Waals surface area contributed by atoms with Crippen molar-refractivity contribution in [1.82, 2.24) is 4.90 Å². The molecule has 0 fully saturated rings. The Balaban J connectivity index is 2.62. The van der Waals surface area contributed by atoms with E-state index in [1.165, 1.54) is 6.92 Å². The van der Waals surface area contributed by atoms with Gasteiger partial charge in [0, 0.05) is 13.1 Å². The zero-order valence-electron chi connectivity index (χ0n) is 7.28. The van der Waals surface area contributed by atoms with Crippen LogP contribution in [0.15, 0.2) is 17.1 Å². The van der Waals surface area contributed by atoms with E-state index in [-0.39, 0.29) is 5.91 Å². The van der Waals surface area contributed by atoms with Crippen molar-refractivity contribution in [3.8, 4) is 0 Å². The van der Waals surface area contributed by atoms with E-state index in [9.17, 15) is 4.79 Å². The highest BCUT2D eigenvalue weighted by Gasteiger charge is 2.09. The fourth-order valence-corrected chi connectivity index (χ4v) is 0.880. The fraction of sp³-hybridized carbons (Fsp3) is 0.500. The molecule has 0 aromatic heterocycles. The lowest BCUT2D eigenvalue weighted by molar-refractivity contribution is -0.125. The molecule has 0 N–H and O–H groups in total. The van der Waals surface area contributed by atoms with Gasteiger partial charge in [-0.3, -0.25) is 4.79 Å². The van der Waals surface area contributed by atoms with Crippen LogP contribution in [-0.4, -0.2) is 30.2 Å². The molecule has 1 aliphatic rings. The summed E-state index contributed by atoms with van der Waals surface area (Å²) in [6.07, 6.45) is 3.28. The molecule has 12 heavy (non-hydrogen) atoms. The molecule has 0 spiro atoms. The molecule has 0 aliphatic carbocycles. The van der Waals surface area contributed by atoms with E-state index in [1.54, 1.807) is 17.3 Å². The number of carbonyl (C=O) groups excluding carboxylic acids is 1. The van der Waals surface area contributed by atoms with Crippen molar-refractivity contribution < 1.29 is 9.53 Å². The van der Waals surface area contributed by atoms with Crippen molar-refractivity contribution in [3.05, 3.63) is 12.1 Å². The van der Waals surface area contributed by atoms with Gasteiger partial charge in [0.1, 0.15) is 0 Å². The minimum Gasteiger partial charge on any atom is -0.477 e. The number of aliphatic imine (C=N–C) groups is 1. The van der Waals surface area contributed by atoms with Gasteiger partial charge in [0.25, 0.3) is 0 Å². The Morgan fingerprint density at radius 3 is 3.17 bits per heavy atom. The van der Waals surface area contributed by atoms with E-state index in [0.29, 0.717) is 19.0 Å². The topological polar surface area (TPSA) is 41.9 Å². The fourth-order valence-electron chi connectivity index (χ4n) is 0.880. The molecule has 0 saturated heterocycles. The number of nitrogens with zero attached hydrogens (tertiary/aromatic N) is 2. The third-order valence-corrected chi connectivity index (χ3v) is 1.46. The van der Waals surface area contributed by atoms with Crippen molar-refractivity contribution in [2.24, 2.45) is 4.99 Å². The van der Waals surface area contributed by atoms with E-state index in [4.69, 9.17) is 4.74 Å². The number of ether oxygens (including phenoxy) is 1. The first kappa shape index (κ1) is 8.77. The quantitative estimate of drug-likeness (QED) is 0.610. The van der Waals surface area contributed by atoms with Crippen LogP contribution in [0, 0.1) is 0 Å². The Morgan fingerprint density at radius 1 is 1.83 bits per heavy atom. The van der Waals surface area contributed by atoms with Gasteiger partial charge in [-0.25, -0.2) is 4.99 Å². The highest BCUT2D eigenvalue weighted by atomic mass is 16.5. The summed E-state index contributed by atoms with van der Waals surface area (Å²) in [6.45, 7) is 4.49. The molecule has 1 rings (SSSR count). The van der Waals surface area contributed by atoms with Crippen molar-refractivity contribution in [2.75, 3.05) is 13.2 Å². The summed E-state index contributed by atoms with van der Waals surface area (Å²) >= 11 is 0. The zero-order valence-corrected chi connectivity index (χ0v) is 7.28. The van der Waals surface area contributed by atoms with Gasteiger partial charge < -0.3 is 9.64 Å². The Hall–Kier alpha value is -1.32. The second kappa shape index (κ2) is 3.90. The van der Waals surface area contributed by atoms with Crippen molar-refractivity contribution in [2.45, 2.75) is 13.8 Å². The summed E-state index contributed by atoms with van der Waals surface area (Å²) in [5.41, 5.74) is 0. The number of amides is 1. The monoisotopic (exact) mass is 168 g/mol.